The van der Waals surface area contributed by atoms with Gasteiger partial charge in [0.1, 0.15) is 6.04 Å². The summed E-state index contributed by atoms with van der Waals surface area (Å²) in [6.45, 7) is 0. The second-order valence-corrected chi connectivity index (χ2v) is 8.41. The number of thiophene rings is 1. The summed E-state index contributed by atoms with van der Waals surface area (Å²) < 4.78 is 1.87. The largest absolute Gasteiger partial charge is 0.328 e. The maximum Gasteiger partial charge on any atom is 0.227 e. The number of carbonyl (C=O) groups is 1. The van der Waals surface area contributed by atoms with E-state index < -0.39 is 0 Å². The first kappa shape index (κ1) is 16.7. The van der Waals surface area contributed by atoms with Gasteiger partial charge in [-0.3, -0.25) is 9.78 Å². The topological polar surface area (TPSA) is 72.7 Å². The fourth-order valence-corrected chi connectivity index (χ4v) is 5.09. The van der Waals surface area contributed by atoms with Gasteiger partial charge in [0.2, 0.25) is 11.1 Å². The number of ketones is 1. The number of carbonyl (C=O) groups excluding carboxylic acids is 1. The zero-order valence-corrected chi connectivity index (χ0v) is 16.1. The highest BCUT2D eigenvalue weighted by Crippen LogP contribution is 2.41. The molecule has 0 aromatic carbocycles. The molecule has 1 aliphatic heterocycles. The Kier molecular flexibility index (Phi) is 4.29. The van der Waals surface area contributed by atoms with E-state index in [9.17, 15) is 4.79 Å². The highest BCUT2D eigenvalue weighted by molar-refractivity contribution is 7.98. The van der Waals surface area contributed by atoms with Crippen LogP contribution in [-0.4, -0.2) is 25.5 Å². The zero-order chi connectivity index (χ0) is 18.2. The van der Waals surface area contributed by atoms with Gasteiger partial charge < -0.3 is 5.32 Å². The van der Waals surface area contributed by atoms with Gasteiger partial charge in [-0.25, -0.2) is 4.68 Å². The minimum atomic E-state index is -0.180. The van der Waals surface area contributed by atoms with E-state index >= 15 is 0 Å². The van der Waals surface area contributed by atoms with Crippen molar-refractivity contribution >= 4 is 34.8 Å². The molecule has 1 N–H and O–H groups in total. The van der Waals surface area contributed by atoms with Gasteiger partial charge in [-0.1, -0.05) is 23.9 Å². The van der Waals surface area contributed by atoms with Crippen molar-refractivity contribution in [3.05, 3.63) is 63.7 Å². The Morgan fingerprint density at radius 1 is 1.26 bits per heavy atom. The molecule has 4 heterocycles. The lowest BCUT2D eigenvalue weighted by atomic mass is 9.88. The van der Waals surface area contributed by atoms with Crippen LogP contribution in [0.5, 0.6) is 0 Å². The molecule has 136 valence electrons. The predicted octanol–water partition coefficient (Wildman–Crippen LogP) is 4.05. The fourth-order valence-electron chi connectivity index (χ4n) is 3.53. The number of rotatable bonds is 4. The van der Waals surface area contributed by atoms with Gasteiger partial charge in [0.05, 0.1) is 5.69 Å². The van der Waals surface area contributed by atoms with Gasteiger partial charge in [-0.15, -0.1) is 16.4 Å². The second kappa shape index (κ2) is 6.94. The molecule has 0 spiro atoms. The molecule has 0 fully saturated rings. The van der Waals surface area contributed by atoms with Gasteiger partial charge in [-0.05, 0) is 36.4 Å². The summed E-state index contributed by atoms with van der Waals surface area (Å²) in [5.74, 6) is 1.64. The van der Waals surface area contributed by atoms with Crippen LogP contribution in [0.15, 0.2) is 58.3 Å². The van der Waals surface area contributed by atoms with Crippen LogP contribution in [0.3, 0.4) is 0 Å². The quantitative estimate of drug-likeness (QED) is 0.672. The average molecular weight is 396 g/mol. The van der Waals surface area contributed by atoms with Crippen molar-refractivity contribution in [2.75, 3.05) is 5.32 Å². The first-order valence-electron chi connectivity index (χ1n) is 8.85. The molecule has 1 aliphatic carbocycles. The maximum absolute atomic E-state index is 12.7. The Morgan fingerprint density at radius 2 is 2.22 bits per heavy atom. The lowest BCUT2D eigenvalue weighted by molar-refractivity contribution is -0.116. The van der Waals surface area contributed by atoms with Crippen LogP contribution >= 0.6 is 23.1 Å². The normalized spacial score (nSPS) is 18.8. The van der Waals surface area contributed by atoms with E-state index in [0.717, 1.165) is 34.7 Å². The number of thioether (sulfide) groups is 1. The zero-order valence-electron chi connectivity index (χ0n) is 14.5. The maximum atomic E-state index is 12.7. The van der Waals surface area contributed by atoms with Crippen molar-refractivity contribution in [1.82, 2.24) is 19.7 Å². The van der Waals surface area contributed by atoms with Crippen molar-refractivity contribution in [3.63, 3.8) is 0 Å². The molecule has 2 aliphatic rings. The molecule has 3 aromatic rings. The third-order valence-corrected chi connectivity index (χ3v) is 6.53. The monoisotopic (exact) mass is 395 g/mol. The summed E-state index contributed by atoms with van der Waals surface area (Å²) in [5.41, 5.74) is 2.85. The minimum Gasteiger partial charge on any atom is -0.328 e. The Labute approximate surface area is 164 Å². The van der Waals surface area contributed by atoms with E-state index in [2.05, 4.69) is 21.4 Å². The van der Waals surface area contributed by atoms with E-state index in [1.807, 2.05) is 34.3 Å². The van der Waals surface area contributed by atoms with Crippen molar-refractivity contribution in [2.24, 2.45) is 0 Å². The van der Waals surface area contributed by atoms with E-state index in [1.165, 1.54) is 0 Å². The van der Waals surface area contributed by atoms with Gasteiger partial charge >= 0.3 is 0 Å². The lowest BCUT2D eigenvalue weighted by Gasteiger charge is -2.31. The van der Waals surface area contributed by atoms with Crippen LogP contribution in [0.4, 0.5) is 5.95 Å². The van der Waals surface area contributed by atoms with Crippen molar-refractivity contribution in [1.29, 1.82) is 0 Å². The number of anilines is 1. The summed E-state index contributed by atoms with van der Waals surface area (Å²) >= 11 is 3.21. The number of nitrogens with zero attached hydrogens (tertiary/aromatic N) is 4. The van der Waals surface area contributed by atoms with Crippen LogP contribution in [0.25, 0.3) is 0 Å². The second-order valence-electron chi connectivity index (χ2n) is 6.48. The van der Waals surface area contributed by atoms with E-state index in [-0.39, 0.29) is 11.8 Å². The molecule has 8 heteroatoms. The molecular weight excluding hydrogens is 378 g/mol. The number of allylic oxidation sites excluding steroid dienone is 2. The number of nitrogens with one attached hydrogen (secondary N) is 1. The molecule has 0 amide bonds. The number of hydrogen-bond donors (Lipinski definition) is 1. The molecule has 1 atom stereocenters. The number of pyridine rings is 1. The molecule has 6 nitrogen and oxygen atoms in total. The van der Waals surface area contributed by atoms with Crippen LogP contribution in [-0.2, 0) is 10.5 Å². The average Bonchev–Trinajstić information content (AvgIpc) is 3.35. The third kappa shape index (κ3) is 3.08. The number of Topliss-reactive ketones (excluding diaryl/α,β-unsaturated/α-hetero) is 1. The number of hydrogen-bond acceptors (Lipinski definition) is 7. The van der Waals surface area contributed by atoms with Crippen LogP contribution in [0.1, 0.15) is 35.9 Å². The standard InChI is InChI=1S/C19H17N5OS2/c25-14-7-3-6-13-16(14)17(15-8-4-10-26-15)24-18(21-13)22-19(23-24)27-11-12-5-1-2-9-20-12/h1-2,4-5,8-10,17H,3,6-7,11H2,(H,21,22,23). The SMILES string of the molecule is O=C1CCCC2=C1C(c1cccs1)n1nc(SCc3ccccn3)nc1N2. The summed E-state index contributed by atoms with van der Waals surface area (Å²) in [6, 6.07) is 9.79. The highest BCUT2D eigenvalue weighted by atomic mass is 32.2. The third-order valence-electron chi connectivity index (χ3n) is 4.74. The lowest BCUT2D eigenvalue weighted by Crippen LogP contribution is -2.31. The number of aromatic nitrogens is 4. The molecule has 27 heavy (non-hydrogen) atoms. The smallest absolute Gasteiger partial charge is 0.227 e. The van der Waals surface area contributed by atoms with Crippen molar-refractivity contribution < 1.29 is 4.79 Å². The first-order valence-corrected chi connectivity index (χ1v) is 10.7. The highest BCUT2D eigenvalue weighted by Gasteiger charge is 2.37. The first-order chi connectivity index (χ1) is 13.3. The van der Waals surface area contributed by atoms with Gasteiger partial charge in [-0.2, -0.15) is 4.98 Å². The summed E-state index contributed by atoms with van der Waals surface area (Å²) in [4.78, 5) is 22.8. The van der Waals surface area contributed by atoms with Gasteiger partial charge in [0.15, 0.2) is 5.78 Å². The Morgan fingerprint density at radius 3 is 3.04 bits per heavy atom. The summed E-state index contributed by atoms with van der Waals surface area (Å²) in [5, 5.41) is 10.8. The molecule has 3 aromatic heterocycles. The van der Waals surface area contributed by atoms with Crippen LogP contribution < -0.4 is 5.32 Å². The van der Waals surface area contributed by atoms with Crippen molar-refractivity contribution in [2.45, 2.75) is 36.2 Å². The summed E-state index contributed by atoms with van der Waals surface area (Å²) in [6.07, 6.45) is 4.16. The number of fused-ring (bicyclic) bond motifs is 1. The molecule has 0 radical (unpaired) electrons. The van der Waals surface area contributed by atoms with E-state index in [0.29, 0.717) is 23.3 Å². The fraction of sp³-hybridized carbons (Fsp3) is 0.263. The van der Waals surface area contributed by atoms with E-state index in [1.54, 1.807) is 29.3 Å². The molecule has 0 saturated carbocycles. The Hall–Kier alpha value is -2.45. The van der Waals surface area contributed by atoms with Crippen LogP contribution in [0.2, 0.25) is 0 Å². The van der Waals surface area contributed by atoms with Gasteiger partial charge in [0, 0.05) is 34.5 Å². The van der Waals surface area contributed by atoms with Gasteiger partial charge in [0.25, 0.3) is 0 Å². The summed E-state index contributed by atoms with van der Waals surface area (Å²) in [7, 11) is 0. The Balaban J connectivity index is 1.50. The van der Waals surface area contributed by atoms with E-state index in [4.69, 9.17) is 5.10 Å². The predicted molar refractivity (Wildman–Crippen MR) is 106 cm³/mol. The molecule has 1 unspecified atom stereocenters. The minimum absolute atomic E-state index is 0.180. The van der Waals surface area contributed by atoms with Crippen LogP contribution in [0, 0.1) is 0 Å². The Bertz CT molecular complexity index is 1010. The molecule has 0 bridgehead atoms. The molecule has 0 saturated heterocycles. The molecular formula is C19H17N5OS2. The molecule has 5 rings (SSSR count). The van der Waals surface area contributed by atoms with Crippen molar-refractivity contribution in [3.8, 4) is 0 Å².